The third-order valence-electron chi connectivity index (χ3n) is 2.27. The molecule has 0 aromatic carbocycles. The molecule has 2 aromatic heterocycles. The van der Waals surface area contributed by atoms with Gasteiger partial charge in [-0.1, -0.05) is 13.8 Å². The maximum atomic E-state index is 11.8. The summed E-state index contributed by atoms with van der Waals surface area (Å²) in [5.41, 5.74) is 0.508. The number of thiazole rings is 1. The summed E-state index contributed by atoms with van der Waals surface area (Å²) in [6.07, 6.45) is 0. The molecule has 0 atom stereocenters. The third kappa shape index (κ3) is 2.83. The predicted octanol–water partition coefficient (Wildman–Crippen LogP) is 0.608. The maximum Gasteiger partial charge on any atom is 0.340 e. The molecule has 0 aliphatic rings. The number of nitrogens with one attached hydrogen (secondary N) is 3. The normalized spacial score (nSPS) is 10.8. The fourth-order valence-electron chi connectivity index (χ4n) is 1.28. The quantitative estimate of drug-likeness (QED) is 0.755. The van der Waals surface area contributed by atoms with Gasteiger partial charge in [0.05, 0.1) is 12.2 Å². The summed E-state index contributed by atoms with van der Waals surface area (Å²) < 4.78 is 0. The average molecular weight is 267 g/mol. The number of nitrogens with zero attached hydrogens (tertiary/aromatic N) is 2. The van der Waals surface area contributed by atoms with Gasteiger partial charge in [0.2, 0.25) is 0 Å². The molecule has 2 heterocycles. The van der Waals surface area contributed by atoms with Crippen molar-refractivity contribution in [3.05, 3.63) is 32.4 Å². The van der Waals surface area contributed by atoms with Crippen molar-refractivity contribution in [2.24, 2.45) is 0 Å². The molecule has 8 heteroatoms. The monoisotopic (exact) mass is 267 g/mol. The highest BCUT2D eigenvalue weighted by Gasteiger charge is 2.12. The van der Waals surface area contributed by atoms with Gasteiger partial charge in [0.1, 0.15) is 5.82 Å². The molecule has 96 valence electrons. The Morgan fingerprint density at radius 2 is 2.33 bits per heavy atom. The van der Waals surface area contributed by atoms with E-state index < -0.39 is 5.69 Å². The molecule has 0 spiro atoms. The molecule has 0 fully saturated rings. The first kappa shape index (κ1) is 12.5. The summed E-state index contributed by atoms with van der Waals surface area (Å²) in [5, 5.41) is 10.8. The highest BCUT2D eigenvalue weighted by atomic mass is 32.1. The second kappa shape index (κ2) is 5.13. The molecule has 0 radical (unpaired) electrons. The first-order valence-corrected chi connectivity index (χ1v) is 6.31. The van der Waals surface area contributed by atoms with E-state index in [1.165, 1.54) is 11.3 Å². The minimum Gasteiger partial charge on any atom is -0.343 e. The van der Waals surface area contributed by atoms with Crippen LogP contribution >= 0.6 is 11.3 Å². The lowest BCUT2D eigenvalue weighted by molar-refractivity contribution is 0.0949. The lowest BCUT2D eigenvalue weighted by Crippen LogP contribution is -2.23. The molecule has 18 heavy (non-hydrogen) atoms. The number of carbonyl (C=O) groups excluding carboxylic acids is 1. The summed E-state index contributed by atoms with van der Waals surface area (Å²) in [4.78, 5) is 29.2. The van der Waals surface area contributed by atoms with E-state index in [4.69, 9.17) is 0 Å². The van der Waals surface area contributed by atoms with E-state index in [0.717, 1.165) is 5.69 Å². The van der Waals surface area contributed by atoms with Crippen LogP contribution in [-0.4, -0.2) is 26.1 Å². The van der Waals surface area contributed by atoms with Gasteiger partial charge in [0.25, 0.3) is 5.91 Å². The van der Waals surface area contributed by atoms with Crippen LogP contribution in [0.4, 0.5) is 0 Å². The van der Waals surface area contributed by atoms with Crippen LogP contribution in [-0.2, 0) is 6.54 Å². The van der Waals surface area contributed by atoms with E-state index in [2.05, 4.69) is 25.5 Å². The van der Waals surface area contributed by atoms with Crippen molar-refractivity contribution in [3.8, 4) is 0 Å². The average Bonchev–Trinajstić information content (AvgIpc) is 2.94. The third-order valence-corrected chi connectivity index (χ3v) is 3.13. The largest absolute Gasteiger partial charge is 0.343 e. The SMILES string of the molecule is CC(C)c1csc(C(=O)NCc2n[nH]c(=O)[nH]2)n1. The highest BCUT2D eigenvalue weighted by Crippen LogP contribution is 2.17. The van der Waals surface area contributed by atoms with E-state index in [0.29, 0.717) is 16.7 Å². The van der Waals surface area contributed by atoms with Crippen LogP contribution in [0, 0.1) is 0 Å². The number of rotatable bonds is 4. The van der Waals surface area contributed by atoms with Gasteiger partial charge in [-0.15, -0.1) is 11.3 Å². The molecule has 0 saturated heterocycles. The van der Waals surface area contributed by atoms with Crippen molar-refractivity contribution in [1.29, 1.82) is 0 Å². The van der Waals surface area contributed by atoms with Crippen molar-refractivity contribution in [2.75, 3.05) is 0 Å². The first-order chi connectivity index (χ1) is 8.56. The molecule has 7 nitrogen and oxygen atoms in total. The Morgan fingerprint density at radius 1 is 1.56 bits per heavy atom. The minimum atomic E-state index is -0.393. The van der Waals surface area contributed by atoms with Crippen LogP contribution in [0.3, 0.4) is 0 Å². The smallest absolute Gasteiger partial charge is 0.340 e. The number of aromatic nitrogens is 4. The number of hydrogen-bond acceptors (Lipinski definition) is 5. The Labute approximate surface area is 107 Å². The van der Waals surface area contributed by atoms with E-state index >= 15 is 0 Å². The van der Waals surface area contributed by atoms with E-state index in [9.17, 15) is 9.59 Å². The Hall–Kier alpha value is -1.96. The summed E-state index contributed by atoms with van der Waals surface area (Å²) in [6, 6.07) is 0. The zero-order valence-corrected chi connectivity index (χ0v) is 10.8. The molecule has 3 N–H and O–H groups in total. The van der Waals surface area contributed by atoms with E-state index in [1.54, 1.807) is 0 Å². The zero-order valence-electron chi connectivity index (χ0n) is 9.98. The van der Waals surface area contributed by atoms with E-state index in [-0.39, 0.29) is 12.5 Å². The van der Waals surface area contributed by atoms with Crippen LogP contribution in [0.2, 0.25) is 0 Å². The van der Waals surface area contributed by atoms with Gasteiger partial charge >= 0.3 is 5.69 Å². The zero-order chi connectivity index (χ0) is 13.1. The van der Waals surface area contributed by atoms with Gasteiger partial charge in [0, 0.05) is 5.38 Å². The van der Waals surface area contributed by atoms with Crippen molar-refractivity contribution < 1.29 is 4.79 Å². The van der Waals surface area contributed by atoms with Crippen LogP contribution in [0.1, 0.15) is 41.1 Å². The number of H-pyrrole nitrogens is 2. The summed E-state index contributed by atoms with van der Waals surface area (Å²) in [6.45, 7) is 4.20. The van der Waals surface area contributed by atoms with Crippen LogP contribution in [0.5, 0.6) is 0 Å². The van der Waals surface area contributed by atoms with Crippen molar-refractivity contribution >= 4 is 17.2 Å². The summed E-state index contributed by atoms with van der Waals surface area (Å²) >= 11 is 1.30. The predicted molar refractivity (Wildman–Crippen MR) is 66.6 cm³/mol. The Balaban J connectivity index is 1.97. The van der Waals surface area contributed by atoms with Gasteiger partial charge in [0.15, 0.2) is 5.01 Å². The molecular weight excluding hydrogens is 254 g/mol. The maximum absolute atomic E-state index is 11.8. The summed E-state index contributed by atoms with van der Waals surface area (Å²) in [7, 11) is 0. The van der Waals surface area contributed by atoms with Crippen LogP contribution in [0.15, 0.2) is 10.2 Å². The molecular formula is C10H13N5O2S. The molecule has 0 aliphatic heterocycles. The number of carbonyl (C=O) groups is 1. The van der Waals surface area contributed by atoms with Gasteiger partial charge in [-0.2, -0.15) is 5.10 Å². The Kier molecular flexibility index (Phi) is 3.56. The van der Waals surface area contributed by atoms with Crippen molar-refractivity contribution in [1.82, 2.24) is 25.5 Å². The number of aromatic amines is 2. The first-order valence-electron chi connectivity index (χ1n) is 5.43. The number of amides is 1. The molecule has 2 rings (SSSR count). The molecule has 1 amide bonds. The molecule has 0 bridgehead atoms. The second-order valence-corrected chi connectivity index (χ2v) is 4.90. The Bertz CT molecular complexity index is 597. The topological polar surface area (TPSA) is 104 Å². The molecule has 0 unspecified atom stereocenters. The van der Waals surface area contributed by atoms with Crippen LogP contribution < -0.4 is 11.0 Å². The van der Waals surface area contributed by atoms with Gasteiger partial charge in [-0.3, -0.25) is 9.78 Å². The lowest BCUT2D eigenvalue weighted by Gasteiger charge is -1.99. The number of hydrogen-bond donors (Lipinski definition) is 3. The molecule has 0 aliphatic carbocycles. The fraction of sp³-hybridized carbons (Fsp3) is 0.400. The van der Waals surface area contributed by atoms with Gasteiger partial charge < -0.3 is 5.32 Å². The fourth-order valence-corrected chi connectivity index (χ4v) is 2.18. The second-order valence-electron chi connectivity index (χ2n) is 4.04. The van der Waals surface area contributed by atoms with Crippen LogP contribution in [0.25, 0.3) is 0 Å². The minimum absolute atomic E-state index is 0.161. The standard InChI is InChI=1S/C10H13N5O2S/c1-5(2)6-4-18-9(12-6)8(16)11-3-7-13-10(17)15-14-7/h4-5H,3H2,1-2H3,(H,11,16)(H2,13,14,15,17). The van der Waals surface area contributed by atoms with Crippen molar-refractivity contribution in [2.45, 2.75) is 26.3 Å². The van der Waals surface area contributed by atoms with Crippen molar-refractivity contribution in [3.63, 3.8) is 0 Å². The lowest BCUT2D eigenvalue weighted by atomic mass is 10.2. The summed E-state index contributed by atoms with van der Waals surface area (Å²) in [5.74, 6) is 0.412. The Morgan fingerprint density at radius 3 is 2.89 bits per heavy atom. The molecule has 2 aromatic rings. The highest BCUT2D eigenvalue weighted by molar-refractivity contribution is 7.11. The van der Waals surface area contributed by atoms with Gasteiger partial charge in [-0.05, 0) is 5.92 Å². The van der Waals surface area contributed by atoms with Gasteiger partial charge in [-0.25, -0.2) is 14.9 Å². The van der Waals surface area contributed by atoms with E-state index in [1.807, 2.05) is 19.2 Å². The molecule has 0 saturated carbocycles.